The summed E-state index contributed by atoms with van der Waals surface area (Å²) in [7, 11) is 0. The van der Waals surface area contributed by atoms with E-state index in [1.54, 1.807) is 0 Å². The second-order valence-electron chi connectivity index (χ2n) is 7.90. The van der Waals surface area contributed by atoms with Gasteiger partial charge in [-0.1, -0.05) is 59.2 Å². The van der Waals surface area contributed by atoms with Gasteiger partial charge in [0.2, 0.25) is 0 Å². The smallest absolute Gasteiger partial charge is 0.157 e. The Hall–Kier alpha value is -0.180. The Morgan fingerprint density at radius 1 is 1.15 bits per heavy atom. The summed E-state index contributed by atoms with van der Waals surface area (Å²) in [5, 5.41) is 5.02. The summed E-state index contributed by atoms with van der Waals surface area (Å²) in [6, 6.07) is 1.13. The van der Waals surface area contributed by atoms with Crippen LogP contribution in [-0.2, 0) is 0 Å². The third kappa shape index (κ3) is 4.16. The minimum absolute atomic E-state index is 0.290. The van der Waals surface area contributed by atoms with Gasteiger partial charge < -0.3 is 5.32 Å². The number of nitrogens with one attached hydrogen (secondary N) is 1. The van der Waals surface area contributed by atoms with Crippen molar-refractivity contribution in [2.45, 2.75) is 78.8 Å². The molecule has 3 atom stereocenters. The fourth-order valence-electron chi connectivity index (χ4n) is 3.51. The lowest BCUT2D eigenvalue weighted by molar-refractivity contribution is 0.224. The van der Waals surface area contributed by atoms with Gasteiger partial charge in [0, 0.05) is 11.8 Å². The predicted molar refractivity (Wildman–Crippen MR) is 91.5 cm³/mol. The fourth-order valence-corrected chi connectivity index (χ4v) is 4.48. The second-order valence-corrected chi connectivity index (χ2v) is 8.98. The molecule has 116 valence electrons. The van der Waals surface area contributed by atoms with Gasteiger partial charge in [-0.05, 0) is 36.5 Å². The first-order valence-electron chi connectivity index (χ1n) is 8.35. The molecule has 0 aromatic heterocycles. The summed E-state index contributed by atoms with van der Waals surface area (Å²) < 4.78 is 0. The van der Waals surface area contributed by atoms with Crippen molar-refractivity contribution in [1.82, 2.24) is 5.32 Å². The number of hydrogen-bond donors (Lipinski definition) is 1. The second kappa shape index (κ2) is 6.72. The molecule has 2 rings (SSSR count). The first kappa shape index (κ1) is 16.2. The molecule has 1 fully saturated rings. The molecule has 2 aliphatic rings. The zero-order valence-electron chi connectivity index (χ0n) is 13.9. The normalized spacial score (nSPS) is 32.1. The maximum absolute atomic E-state index is 5.01. The van der Waals surface area contributed by atoms with Crippen molar-refractivity contribution in [2.75, 3.05) is 5.75 Å². The number of amidine groups is 1. The van der Waals surface area contributed by atoms with Crippen molar-refractivity contribution in [3.05, 3.63) is 0 Å². The molecule has 1 N–H and O–H groups in total. The van der Waals surface area contributed by atoms with E-state index >= 15 is 0 Å². The molecular formula is C17H32N2S. The Bertz CT molecular complexity index is 343. The van der Waals surface area contributed by atoms with Crippen molar-refractivity contribution in [3.63, 3.8) is 0 Å². The third-order valence-electron chi connectivity index (χ3n) is 4.89. The van der Waals surface area contributed by atoms with Gasteiger partial charge in [0.15, 0.2) is 5.17 Å². The lowest BCUT2D eigenvalue weighted by Crippen LogP contribution is -2.44. The fraction of sp³-hybridized carbons (Fsp3) is 0.941. The summed E-state index contributed by atoms with van der Waals surface area (Å²) >= 11 is 1.93. The number of aliphatic imine (C=N–C) groups is 1. The van der Waals surface area contributed by atoms with E-state index < -0.39 is 0 Å². The molecule has 0 aromatic rings. The summed E-state index contributed by atoms with van der Waals surface area (Å²) in [6.45, 7) is 11.7. The number of nitrogens with zero attached hydrogens (tertiary/aromatic N) is 1. The monoisotopic (exact) mass is 296 g/mol. The van der Waals surface area contributed by atoms with Crippen LogP contribution in [0.1, 0.15) is 66.7 Å². The van der Waals surface area contributed by atoms with Crippen molar-refractivity contribution < 1.29 is 0 Å². The zero-order valence-corrected chi connectivity index (χ0v) is 14.7. The van der Waals surface area contributed by atoms with Crippen LogP contribution in [0.3, 0.4) is 0 Å². The predicted octanol–water partition coefficient (Wildman–Crippen LogP) is 4.70. The maximum Gasteiger partial charge on any atom is 0.157 e. The van der Waals surface area contributed by atoms with Crippen molar-refractivity contribution >= 4 is 16.9 Å². The SMILES string of the molecule is CC(C)C1CCCCC1NC1=NC(C(C)(C)C)CCS1. The topological polar surface area (TPSA) is 24.4 Å². The van der Waals surface area contributed by atoms with Crippen LogP contribution in [0.5, 0.6) is 0 Å². The molecule has 1 saturated carbocycles. The molecule has 1 heterocycles. The van der Waals surface area contributed by atoms with Crippen LogP contribution in [0.2, 0.25) is 0 Å². The molecule has 0 aromatic carbocycles. The molecule has 0 bridgehead atoms. The molecule has 0 amide bonds. The van der Waals surface area contributed by atoms with E-state index in [2.05, 4.69) is 39.9 Å². The Morgan fingerprint density at radius 2 is 1.85 bits per heavy atom. The molecule has 2 nitrogen and oxygen atoms in total. The lowest BCUT2D eigenvalue weighted by atomic mass is 9.78. The van der Waals surface area contributed by atoms with Gasteiger partial charge in [-0.25, -0.2) is 0 Å². The summed E-state index contributed by atoms with van der Waals surface area (Å²) in [6.07, 6.45) is 6.71. The summed E-state index contributed by atoms with van der Waals surface area (Å²) in [5.74, 6) is 2.81. The molecule has 20 heavy (non-hydrogen) atoms. The highest BCUT2D eigenvalue weighted by Crippen LogP contribution is 2.33. The number of rotatable bonds is 2. The molecule has 1 aliphatic carbocycles. The van der Waals surface area contributed by atoms with Gasteiger partial charge >= 0.3 is 0 Å². The first-order chi connectivity index (χ1) is 9.38. The van der Waals surface area contributed by atoms with E-state index in [9.17, 15) is 0 Å². The van der Waals surface area contributed by atoms with Crippen LogP contribution in [-0.4, -0.2) is 23.0 Å². The molecule has 0 spiro atoms. The Morgan fingerprint density at radius 3 is 2.50 bits per heavy atom. The highest BCUT2D eigenvalue weighted by atomic mass is 32.2. The van der Waals surface area contributed by atoms with Crippen molar-refractivity contribution in [1.29, 1.82) is 0 Å². The van der Waals surface area contributed by atoms with Crippen LogP contribution in [0, 0.1) is 17.3 Å². The van der Waals surface area contributed by atoms with Crippen LogP contribution in [0.25, 0.3) is 0 Å². The summed E-state index contributed by atoms with van der Waals surface area (Å²) in [4.78, 5) is 5.01. The Balaban J connectivity index is 2.02. The minimum Gasteiger partial charge on any atom is -0.362 e. The molecule has 1 aliphatic heterocycles. The van der Waals surface area contributed by atoms with E-state index in [1.165, 1.54) is 43.0 Å². The molecule has 3 unspecified atom stereocenters. The zero-order chi connectivity index (χ0) is 14.8. The van der Waals surface area contributed by atoms with Gasteiger partial charge in [0.05, 0.1) is 6.04 Å². The largest absolute Gasteiger partial charge is 0.362 e. The Labute approximate surface area is 129 Å². The molecule has 0 saturated heterocycles. The van der Waals surface area contributed by atoms with Crippen molar-refractivity contribution in [2.24, 2.45) is 22.2 Å². The highest BCUT2D eigenvalue weighted by molar-refractivity contribution is 8.13. The average molecular weight is 297 g/mol. The van der Waals surface area contributed by atoms with Crippen LogP contribution < -0.4 is 5.32 Å². The van der Waals surface area contributed by atoms with Gasteiger partial charge in [-0.3, -0.25) is 4.99 Å². The quantitative estimate of drug-likeness (QED) is 0.799. The highest BCUT2D eigenvalue weighted by Gasteiger charge is 2.31. The van der Waals surface area contributed by atoms with E-state index in [4.69, 9.17) is 4.99 Å². The van der Waals surface area contributed by atoms with Gasteiger partial charge in [-0.2, -0.15) is 0 Å². The third-order valence-corrected chi connectivity index (χ3v) is 5.82. The number of hydrogen-bond acceptors (Lipinski definition) is 3. The lowest BCUT2D eigenvalue weighted by Gasteiger charge is -2.37. The van der Waals surface area contributed by atoms with E-state index in [1.807, 2.05) is 11.8 Å². The first-order valence-corrected chi connectivity index (χ1v) is 9.33. The molecular weight excluding hydrogens is 264 g/mol. The van der Waals surface area contributed by atoms with Gasteiger partial charge in [0.1, 0.15) is 0 Å². The molecule has 3 heteroatoms. The average Bonchev–Trinajstić information content (AvgIpc) is 2.38. The van der Waals surface area contributed by atoms with Crippen LogP contribution >= 0.6 is 11.8 Å². The molecule has 0 radical (unpaired) electrons. The van der Waals surface area contributed by atoms with E-state index in [0.29, 0.717) is 12.1 Å². The summed E-state index contributed by atoms with van der Waals surface area (Å²) in [5.41, 5.74) is 0.290. The van der Waals surface area contributed by atoms with Crippen LogP contribution in [0.4, 0.5) is 0 Å². The van der Waals surface area contributed by atoms with E-state index in [0.717, 1.165) is 11.8 Å². The standard InChI is InChI=1S/C17H32N2S/c1-12(2)13-8-6-7-9-14(13)18-16-19-15(10-11-20-16)17(3,4)5/h12-15H,6-11H2,1-5H3,(H,18,19). The van der Waals surface area contributed by atoms with Crippen molar-refractivity contribution in [3.8, 4) is 0 Å². The van der Waals surface area contributed by atoms with Gasteiger partial charge in [-0.15, -0.1) is 0 Å². The minimum atomic E-state index is 0.290. The Kier molecular flexibility index (Phi) is 5.44. The number of thioether (sulfide) groups is 1. The van der Waals surface area contributed by atoms with E-state index in [-0.39, 0.29) is 5.41 Å². The van der Waals surface area contributed by atoms with Gasteiger partial charge in [0.25, 0.3) is 0 Å². The maximum atomic E-state index is 5.01. The van der Waals surface area contributed by atoms with Crippen LogP contribution in [0.15, 0.2) is 4.99 Å².